The van der Waals surface area contributed by atoms with Crippen LogP contribution in [0, 0.1) is 5.92 Å². The number of esters is 4. The molecule has 3 N–H and O–H groups in total. The molecule has 0 aliphatic heterocycles. The fourth-order valence-corrected chi connectivity index (χ4v) is 11.7. The third-order valence-corrected chi connectivity index (χ3v) is 17.4. The Hall–Kier alpha value is -1.94. The predicted molar refractivity (Wildman–Crippen MR) is 345 cm³/mol. The highest BCUT2D eigenvalue weighted by atomic mass is 31.2. The normalized spacial score (nSPS) is 14.2. The SMILES string of the molecule is CCCCCCCCCCCCCCCCCCCC(=O)O[C@H](COC(=O)CCCCCCCCCCCCC(C)C)COP(=O)(O)OC[C@@H](O)COP(=O)(O)OC[C@@H](COC(=O)CCCCCCC)OC(=O)CCCCCCCCCCCCC. The number of aliphatic hydroxyl groups is 1. The molecule has 0 aromatic heterocycles. The van der Waals surface area contributed by atoms with E-state index in [9.17, 15) is 43.2 Å². The van der Waals surface area contributed by atoms with Gasteiger partial charge in [-0.15, -0.1) is 0 Å². The van der Waals surface area contributed by atoms with Crippen molar-refractivity contribution in [2.75, 3.05) is 39.6 Å². The molecule has 0 saturated carbocycles. The number of hydrogen-bond donors (Lipinski definition) is 3. The summed E-state index contributed by atoms with van der Waals surface area (Å²) in [5.74, 6) is -1.38. The van der Waals surface area contributed by atoms with Crippen molar-refractivity contribution < 1.29 is 80.2 Å². The van der Waals surface area contributed by atoms with Crippen molar-refractivity contribution in [3.63, 3.8) is 0 Å². The quantitative estimate of drug-likeness (QED) is 0.0222. The van der Waals surface area contributed by atoms with Crippen LogP contribution in [0.15, 0.2) is 0 Å². The number of unbranched alkanes of at least 4 members (excludes halogenated alkanes) is 39. The first-order valence-electron chi connectivity index (χ1n) is 35.1. The lowest BCUT2D eigenvalue weighted by atomic mass is 10.0. The smallest absolute Gasteiger partial charge is 0.462 e. The molecule has 0 aliphatic carbocycles. The van der Waals surface area contributed by atoms with E-state index in [4.69, 9.17) is 37.0 Å². The summed E-state index contributed by atoms with van der Waals surface area (Å²) in [6.07, 6.45) is 46.1. The van der Waals surface area contributed by atoms with E-state index in [-0.39, 0.29) is 25.7 Å². The molecular weight excluding hydrogens is 1140 g/mol. The monoisotopic (exact) mass is 1270 g/mol. The Kier molecular flexibility index (Phi) is 59.2. The van der Waals surface area contributed by atoms with Crippen molar-refractivity contribution in [2.24, 2.45) is 5.92 Å². The van der Waals surface area contributed by atoms with Crippen LogP contribution in [0.2, 0.25) is 0 Å². The minimum atomic E-state index is -4.95. The Morgan fingerprint density at radius 1 is 0.314 bits per heavy atom. The van der Waals surface area contributed by atoms with Crippen LogP contribution >= 0.6 is 15.6 Å². The maximum atomic E-state index is 13.0. The Bertz CT molecular complexity index is 1670. The predicted octanol–water partition coefficient (Wildman–Crippen LogP) is 19.0. The zero-order valence-electron chi connectivity index (χ0n) is 55.4. The molecule has 0 saturated heterocycles. The van der Waals surface area contributed by atoms with E-state index in [0.29, 0.717) is 25.7 Å². The highest BCUT2D eigenvalue weighted by Gasteiger charge is 2.30. The van der Waals surface area contributed by atoms with E-state index >= 15 is 0 Å². The van der Waals surface area contributed by atoms with Crippen LogP contribution in [0.3, 0.4) is 0 Å². The third kappa shape index (κ3) is 60.9. The molecule has 17 nitrogen and oxygen atoms in total. The summed E-state index contributed by atoms with van der Waals surface area (Å²) in [5, 5.41) is 10.5. The van der Waals surface area contributed by atoms with E-state index < -0.39 is 97.5 Å². The van der Waals surface area contributed by atoms with Crippen molar-refractivity contribution in [1.82, 2.24) is 0 Å². The first kappa shape index (κ1) is 84.1. The summed E-state index contributed by atoms with van der Waals surface area (Å²) in [5.41, 5.74) is 0. The molecule has 0 spiro atoms. The van der Waals surface area contributed by atoms with Crippen molar-refractivity contribution in [3.8, 4) is 0 Å². The average molecular weight is 1270 g/mol. The van der Waals surface area contributed by atoms with Crippen LogP contribution < -0.4 is 0 Å². The Labute approximate surface area is 524 Å². The molecule has 0 aromatic rings. The number of phosphoric acid groups is 2. The first-order chi connectivity index (χ1) is 41.5. The topological polar surface area (TPSA) is 237 Å². The molecule has 0 fully saturated rings. The lowest BCUT2D eigenvalue weighted by Crippen LogP contribution is -2.30. The van der Waals surface area contributed by atoms with Crippen LogP contribution in [0.25, 0.3) is 0 Å². The highest BCUT2D eigenvalue weighted by molar-refractivity contribution is 7.47. The average Bonchev–Trinajstić information content (AvgIpc) is 3.64. The number of rotatable bonds is 67. The largest absolute Gasteiger partial charge is 0.472 e. The maximum absolute atomic E-state index is 13.0. The minimum absolute atomic E-state index is 0.106. The van der Waals surface area contributed by atoms with Gasteiger partial charge in [-0.25, -0.2) is 9.13 Å². The molecule has 2 unspecified atom stereocenters. The number of ether oxygens (including phenoxy) is 4. The molecule has 0 aromatic carbocycles. The van der Waals surface area contributed by atoms with Gasteiger partial charge in [-0.3, -0.25) is 37.3 Å². The van der Waals surface area contributed by atoms with Gasteiger partial charge >= 0.3 is 39.5 Å². The molecule has 0 bridgehead atoms. The molecule has 0 radical (unpaired) electrons. The van der Waals surface area contributed by atoms with E-state index in [1.165, 1.54) is 161 Å². The number of hydrogen-bond acceptors (Lipinski definition) is 15. The zero-order chi connectivity index (χ0) is 63.5. The maximum Gasteiger partial charge on any atom is 0.472 e. The standard InChI is InChI=1S/C67H130O17P2/c1-6-9-12-15-17-19-21-22-23-24-25-26-28-34-38-43-48-53-67(72)84-63(57-78-65(70)51-46-41-36-32-30-29-31-35-40-44-49-60(4)5)59-82-86(75,76)80-55-61(68)54-79-85(73,74)81-58-62(56-77-64(69)50-45-39-14-11-8-3)83-66(71)52-47-42-37-33-27-20-18-16-13-10-7-2/h60-63,68H,6-59H2,1-5H3,(H,73,74)(H,75,76)/t61-,62+,63+/m0/s1. The van der Waals surface area contributed by atoms with Gasteiger partial charge in [0.1, 0.15) is 19.3 Å². The van der Waals surface area contributed by atoms with Gasteiger partial charge < -0.3 is 33.8 Å². The summed E-state index contributed by atoms with van der Waals surface area (Å²) in [6.45, 7) is 7.13. The van der Waals surface area contributed by atoms with Gasteiger partial charge in [0.2, 0.25) is 0 Å². The second-order valence-electron chi connectivity index (χ2n) is 24.7. The van der Waals surface area contributed by atoms with Gasteiger partial charge in [-0.1, -0.05) is 291 Å². The van der Waals surface area contributed by atoms with Gasteiger partial charge in [0.05, 0.1) is 26.4 Å². The molecule has 510 valence electrons. The fourth-order valence-electron chi connectivity index (χ4n) is 10.1. The Morgan fingerprint density at radius 3 is 0.791 bits per heavy atom. The van der Waals surface area contributed by atoms with Gasteiger partial charge in [-0.2, -0.15) is 0 Å². The van der Waals surface area contributed by atoms with E-state index in [1.54, 1.807) is 0 Å². The van der Waals surface area contributed by atoms with Crippen LogP contribution in [-0.2, 0) is 65.4 Å². The summed E-state index contributed by atoms with van der Waals surface area (Å²) in [7, 11) is -9.88. The summed E-state index contributed by atoms with van der Waals surface area (Å²) in [6, 6.07) is 0. The first-order valence-corrected chi connectivity index (χ1v) is 38.1. The number of carbonyl (C=O) groups excluding carboxylic acids is 4. The Balaban J connectivity index is 5.16. The van der Waals surface area contributed by atoms with Crippen molar-refractivity contribution in [3.05, 3.63) is 0 Å². The van der Waals surface area contributed by atoms with E-state index in [2.05, 4.69) is 34.6 Å². The molecule has 5 atom stereocenters. The number of aliphatic hydroxyl groups excluding tert-OH is 1. The molecule has 0 rings (SSSR count). The zero-order valence-corrected chi connectivity index (χ0v) is 57.2. The molecule has 0 amide bonds. The van der Waals surface area contributed by atoms with Crippen molar-refractivity contribution in [2.45, 2.75) is 361 Å². The van der Waals surface area contributed by atoms with Crippen molar-refractivity contribution >= 4 is 39.5 Å². The third-order valence-electron chi connectivity index (χ3n) is 15.5. The molecule has 0 aliphatic rings. The molecule has 0 heterocycles. The second-order valence-corrected chi connectivity index (χ2v) is 27.6. The molecule has 86 heavy (non-hydrogen) atoms. The lowest BCUT2D eigenvalue weighted by molar-refractivity contribution is -0.161. The van der Waals surface area contributed by atoms with Crippen LogP contribution in [-0.4, -0.2) is 96.7 Å². The van der Waals surface area contributed by atoms with E-state index in [1.807, 2.05) is 0 Å². The summed E-state index contributed by atoms with van der Waals surface area (Å²) >= 11 is 0. The number of carbonyl (C=O) groups is 4. The van der Waals surface area contributed by atoms with Gasteiger partial charge in [0.25, 0.3) is 0 Å². The number of phosphoric ester groups is 2. The minimum Gasteiger partial charge on any atom is -0.462 e. The van der Waals surface area contributed by atoms with Gasteiger partial charge in [0.15, 0.2) is 12.2 Å². The highest BCUT2D eigenvalue weighted by Crippen LogP contribution is 2.45. The Morgan fingerprint density at radius 2 is 0.535 bits per heavy atom. The van der Waals surface area contributed by atoms with Crippen LogP contribution in [0.1, 0.15) is 343 Å². The van der Waals surface area contributed by atoms with Crippen molar-refractivity contribution in [1.29, 1.82) is 0 Å². The lowest BCUT2D eigenvalue weighted by Gasteiger charge is -2.21. The van der Waals surface area contributed by atoms with Gasteiger partial charge in [0, 0.05) is 25.7 Å². The summed E-state index contributed by atoms with van der Waals surface area (Å²) in [4.78, 5) is 72.1. The van der Waals surface area contributed by atoms with E-state index in [0.717, 1.165) is 102 Å². The fraction of sp³-hybridized carbons (Fsp3) is 0.940. The van der Waals surface area contributed by atoms with Gasteiger partial charge in [-0.05, 0) is 31.6 Å². The molecular formula is C67H130O17P2. The van der Waals surface area contributed by atoms with Crippen LogP contribution in [0.4, 0.5) is 0 Å². The molecule has 19 heteroatoms. The second kappa shape index (κ2) is 60.6. The van der Waals surface area contributed by atoms with Crippen LogP contribution in [0.5, 0.6) is 0 Å². The summed E-state index contributed by atoms with van der Waals surface area (Å²) < 4.78 is 67.9.